The Labute approximate surface area is 183 Å². The molecule has 0 aliphatic heterocycles. The number of guanidine groups is 1. The molecule has 0 aliphatic carbocycles. The van der Waals surface area contributed by atoms with E-state index >= 15 is 0 Å². The number of alkyl halides is 3. The Bertz CT molecular complexity index is 812. The molecule has 0 aliphatic rings. The molecular weight excluding hydrogens is 505 g/mol. The van der Waals surface area contributed by atoms with E-state index in [1.54, 1.807) is 25.1 Å². The second-order valence-electron chi connectivity index (χ2n) is 6.18. The minimum absolute atomic E-state index is 0. The van der Waals surface area contributed by atoms with Crippen LogP contribution in [-0.2, 0) is 19.2 Å². The summed E-state index contributed by atoms with van der Waals surface area (Å²) in [5.41, 5.74) is -2.75. The zero-order chi connectivity index (χ0) is 20.8. The summed E-state index contributed by atoms with van der Waals surface area (Å²) in [6.07, 6.45) is -3.05. The number of hydrogen-bond donors (Lipinski definition) is 3. The van der Waals surface area contributed by atoms with Crippen molar-refractivity contribution in [1.82, 2.24) is 20.2 Å². The summed E-state index contributed by atoms with van der Waals surface area (Å²) >= 11 is 0. The number of aromatic nitrogens is 2. The number of aliphatic hydroxyl groups is 1. The first kappa shape index (κ1) is 25.1. The number of aryl methyl sites for hydroxylation is 1. The van der Waals surface area contributed by atoms with Crippen LogP contribution >= 0.6 is 24.0 Å². The Morgan fingerprint density at radius 2 is 1.93 bits per heavy atom. The first-order valence-corrected chi connectivity index (χ1v) is 8.71. The quantitative estimate of drug-likeness (QED) is 0.223. The van der Waals surface area contributed by atoms with Gasteiger partial charge in [0.25, 0.3) is 0 Å². The Balaban J connectivity index is 0.00000420. The fraction of sp³-hybridized carbons (Fsp3) is 0.444. The van der Waals surface area contributed by atoms with E-state index in [9.17, 15) is 22.7 Å². The van der Waals surface area contributed by atoms with Crippen LogP contribution < -0.4 is 10.6 Å². The second kappa shape index (κ2) is 10.8. The van der Waals surface area contributed by atoms with Gasteiger partial charge in [-0.1, -0.05) is 18.2 Å². The van der Waals surface area contributed by atoms with Crippen LogP contribution in [0, 0.1) is 5.82 Å². The average molecular weight is 529 g/mol. The summed E-state index contributed by atoms with van der Waals surface area (Å²) in [5.74, 6) is -0.687. The number of hydrogen-bond acceptors (Lipinski definition) is 3. The summed E-state index contributed by atoms with van der Waals surface area (Å²) in [5, 5.41) is 15.9. The molecule has 1 unspecified atom stereocenters. The van der Waals surface area contributed by atoms with Gasteiger partial charge in [0.15, 0.2) is 5.96 Å². The number of imidazole rings is 1. The van der Waals surface area contributed by atoms with Crippen molar-refractivity contribution >= 4 is 29.9 Å². The predicted molar refractivity (Wildman–Crippen MR) is 112 cm³/mol. The lowest BCUT2D eigenvalue weighted by atomic mass is 9.97. The van der Waals surface area contributed by atoms with Crippen molar-refractivity contribution in [3.05, 3.63) is 53.9 Å². The Morgan fingerprint density at radius 1 is 1.24 bits per heavy atom. The van der Waals surface area contributed by atoms with Gasteiger partial charge in [-0.25, -0.2) is 14.4 Å². The molecule has 1 aromatic carbocycles. The van der Waals surface area contributed by atoms with E-state index in [2.05, 4.69) is 20.6 Å². The van der Waals surface area contributed by atoms with Crippen LogP contribution in [0.4, 0.5) is 17.6 Å². The van der Waals surface area contributed by atoms with Crippen LogP contribution in [0.5, 0.6) is 0 Å². The van der Waals surface area contributed by atoms with E-state index in [0.29, 0.717) is 12.1 Å². The van der Waals surface area contributed by atoms with E-state index in [-0.39, 0.29) is 43.0 Å². The van der Waals surface area contributed by atoms with Crippen molar-refractivity contribution in [2.45, 2.75) is 31.7 Å². The molecule has 0 bridgehead atoms. The maximum Gasteiger partial charge on any atom is 0.424 e. The highest BCUT2D eigenvalue weighted by Crippen LogP contribution is 2.40. The van der Waals surface area contributed by atoms with Gasteiger partial charge in [0.2, 0.25) is 5.60 Å². The normalized spacial score (nSPS) is 14.1. The van der Waals surface area contributed by atoms with Gasteiger partial charge in [0, 0.05) is 44.5 Å². The molecular formula is C18H24F4IN5O. The lowest BCUT2D eigenvalue weighted by Crippen LogP contribution is -2.47. The molecule has 0 amide bonds. The zero-order valence-corrected chi connectivity index (χ0v) is 18.3. The molecule has 29 heavy (non-hydrogen) atoms. The van der Waals surface area contributed by atoms with E-state index in [0.717, 1.165) is 4.57 Å². The Kier molecular flexibility index (Phi) is 9.33. The number of nitrogens with one attached hydrogen (secondary N) is 2. The summed E-state index contributed by atoms with van der Waals surface area (Å²) in [4.78, 5) is 7.83. The molecule has 162 valence electrons. The highest BCUT2D eigenvalue weighted by Gasteiger charge is 2.57. The average Bonchev–Trinajstić information content (AvgIpc) is 3.06. The largest absolute Gasteiger partial charge is 0.424 e. The van der Waals surface area contributed by atoms with Gasteiger partial charge < -0.3 is 20.3 Å². The Hall–Kier alpha value is -1.89. The first-order valence-electron chi connectivity index (χ1n) is 8.71. The molecule has 6 nitrogen and oxygen atoms in total. The fourth-order valence-electron chi connectivity index (χ4n) is 2.64. The van der Waals surface area contributed by atoms with Crippen molar-refractivity contribution in [3.8, 4) is 0 Å². The molecule has 3 N–H and O–H groups in total. The van der Waals surface area contributed by atoms with Crippen molar-refractivity contribution in [2.24, 2.45) is 12.0 Å². The predicted octanol–water partition coefficient (Wildman–Crippen LogP) is 3.07. The number of aliphatic imine (C=N–C) groups is 1. The third-order valence-corrected chi connectivity index (χ3v) is 4.15. The van der Waals surface area contributed by atoms with Crippen molar-refractivity contribution < 1.29 is 22.7 Å². The van der Waals surface area contributed by atoms with E-state index in [4.69, 9.17) is 0 Å². The molecule has 1 heterocycles. The van der Waals surface area contributed by atoms with Crippen molar-refractivity contribution in [1.29, 1.82) is 0 Å². The molecule has 1 aromatic heterocycles. The smallest absolute Gasteiger partial charge is 0.374 e. The Morgan fingerprint density at radius 3 is 2.48 bits per heavy atom. The summed E-state index contributed by atoms with van der Waals surface area (Å²) in [7, 11) is 1.38. The van der Waals surface area contributed by atoms with Crippen molar-refractivity contribution in [3.63, 3.8) is 0 Å². The van der Waals surface area contributed by atoms with Crippen LogP contribution in [0.3, 0.4) is 0 Å². The van der Waals surface area contributed by atoms with Crippen LogP contribution in [0.15, 0.2) is 41.7 Å². The van der Waals surface area contributed by atoms with E-state index in [1.807, 2.05) is 0 Å². The molecule has 0 radical (unpaired) electrons. The number of nitrogens with zero attached hydrogens (tertiary/aromatic N) is 3. The van der Waals surface area contributed by atoms with Gasteiger partial charge in [-0.2, -0.15) is 13.2 Å². The minimum atomic E-state index is -4.91. The summed E-state index contributed by atoms with van der Waals surface area (Å²) < 4.78 is 55.4. The molecule has 0 saturated heterocycles. The second-order valence-corrected chi connectivity index (χ2v) is 6.18. The van der Waals surface area contributed by atoms with Gasteiger partial charge >= 0.3 is 6.18 Å². The summed E-state index contributed by atoms with van der Waals surface area (Å²) in [6.45, 7) is 2.04. The van der Waals surface area contributed by atoms with Crippen LogP contribution in [-0.4, -0.2) is 39.9 Å². The fourth-order valence-corrected chi connectivity index (χ4v) is 2.64. The van der Waals surface area contributed by atoms with Crippen LogP contribution in [0.25, 0.3) is 0 Å². The van der Waals surface area contributed by atoms with E-state index < -0.39 is 29.8 Å². The third-order valence-electron chi connectivity index (χ3n) is 4.15. The van der Waals surface area contributed by atoms with Crippen LogP contribution in [0.1, 0.15) is 24.7 Å². The van der Waals surface area contributed by atoms with Gasteiger partial charge in [0.1, 0.15) is 11.6 Å². The van der Waals surface area contributed by atoms with E-state index in [1.165, 1.54) is 25.5 Å². The van der Waals surface area contributed by atoms with Gasteiger partial charge in [-0.15, -0.1) is 24.0 Å². The molecule has 0 saturated carbocycles. The minimum Gasteiger partial charge on any atom is -0.374 e. The number of rotatable bonds is 7. The van der Waals surface area contributed by atoms with Gasteiger partial charge in [0.05, 0.1) is 6.54 Å². The molecule has 2 rings (SSSR count). The SMILES string of the molecule is CCNC(=NCc1ccccc1F)NCCC(O)(c1nccn1C)C(F)(F)F.I. The lowest BCUT2D eigenvalue weighted by Gasteiger charge is -2.30. The maximum atomic E-state index is 13.7. The topological polar surface area (TPSA) is 74.5 Å². The highest BCUT2D eigenvalue weighted by molar-refractivity contribution is 14.0. The molecule has 0 fully saturated rings. The maximum absolute atomic E-state index is 13.7. The summed E-state index contributed by atoms with van der Waals surface area (Å²) in [6, 6.07) is 6.11. The third kappa shape index (κ3) is 6.29. The molecule has 11 heteroatoms. The molecule has 1 atom stereocenters. The van der Waals surface area contributed by atoms with Gasteiger partial charge in [-0.05, 0) is 13.0 Å². The first-order chi connectivity index (χ1) is 13.2. The monoisotopic (exact) mass is 529 g/mol. The van der Waals surface area contributed by atoms with Crippen molar-refractivity contribution in [2.75, 3.05) is 13.1 Å². The van der Waals surface area contributed by atoms with Gasteiger partial charge in [-0.3, -0.25) is 0 Å². The molecule has 2 aromatic rings. The van der Waals surface area contributed by atoms with Crippen LogP contribution in [0.2, 0.25) is 0 Å². The molecule has 0 spiro atoms. The zero-order valence-electron chi connectivity index (χ0n) is 16.0. The standard InChI is InChI=1S/C18H23F4N5O.HI/c1-3-23-16(26-12-13-6-4-5-7-14(13)19)25-9-8-17(28,18(20,21)22)15-24-10-11-27(15)2;/h4-7,10-11,28H,3,8-9,12H2,1-2H3,(H2,23,25,26);1H. The number of halogens is 5. The lowest BCUT2D eigenvalue weighted by molar-refractivity contribution is -0.272. The number of benzene rings is 1. The highest BCUT2D eigenvalue weighted by atomic mass is 127.